The van der Waals surface area contributed by atoms with E-state index >= 15 is 0 Å². The Morgan fingerprint density at radius 1 is 0.915 bits per heavy atom. The smallest absolute Gasteiger partial charge is 0.489 e. The van der Waals surface area contributed by atoms with Gasteiger partial charge >= 0.3 is 14.0 Å². The third-order valence-corrected chi connectivity index (χ3v) is 14.5. The van der Waals surface area contributed by atoms with Crippen molar-refractivity contribution in [2.45, 2.75) is 71.6 Å². The summed E-state index contributed by atoms with van der Waals surface area (Å²) in [6, 6.07) is 30.3. The molecule has 0 aliphatic carbocycles. The zero-order valence-corrected chi connectivity index (χ0v) is 29.8. The molecule has 0 aliphatic rings. The average molecular weight is 676 g/mol. The van der Waals surface area contributed by atoms with E-state index in [0.29, 0.717) is 19.4 Å². The fourth-order valence-electron chi connectivity index (χ4n) is 6.06. The summed E-state index contributed by atoms with van der Waals surface area (Å²) >= 11 is 0. The molecule has 0 fully saturated rings. The molecule has 0 saturated carbocycles. The van der Waals surface area contributed by atoms with Gasteiger partial charge in [0.05, 0.1) is 6.42 Å². The Kier molecular flexibility index (Phi) is 12.6. The van der Waals surface area contributed by atoms with Gasteiger partial charge in [-0.2, -0.15) is 0 Å². The number of hydrogen-bond acceptors (Lipinski definition) is 5. The number of carboxylic acid groups (broad SMARTS) is 1. The molecule has 1 unspecified atom stereocenters. The average Bonchev–Trinajstić information content (AvgIpc) is 3.02. The molecule has 0 spiro atoms. The van der Waals surface area contributed by atoms with Crippen LogP contribution in [-0.4, -0.2) is 38.3 Å². The van der Waals surface area contributed by atoms with Gasteiger partial charge in [0.25, 0.3) is 8.32 Å². The van der Waals surface area contributed by atoms with Gasteiger partial charge in [-0.25, -0.2) is 4.39 Å². The van der Waals surface area contributed by atoms with Crippen LogP contribution >= 0.6 is 8.03 Å². The molecule has 4 rings (SSSR count). The predicted octanol–water partition coefficient (Wildman–Crippen LogP) is 8.13. The normalized spacial score (nSPS) is 12.9. The zero-order valence-electron chi connectivity index (χ0n) is 27.9. The Morgan fingerprint density at radius 2 is 1.51 bits per heavy atom. The van der Waals surface area contributed by atoms with Crippen molar-refractivity contribution >= 4 is 32.7 Å². The molecule has 9 heteroatoms. The Bertz CT molecular complexity index is 1580. The van der Waals surface area contributed by atoms with Crippen LogP contribution in [0, 0.1) is 19.7 Å². The van der Waals surface area contributed by atoms with Crippen molar-refractivity contribution in [1.29, 1.82) is 0 Å². The van der Waals surface area contributed by atoms with Crippen molar-refractivity contribution in [2.75, 3.05) is 12.8 Å². The first-order valence-corrected chi connectivity index (χ1v) is 19.2. The van der Waals surface area contributed by atoms with Gasteiger partial charge in [0.15, 0.2) is 0 Å². The number of hydrogen-bond donors (Lipinski definition) is 1. The number of rotatable bonds is 16. The lowest BCUT2D eigenvalue weighted by molar-refractivity contribution is -0.138. The van der Waals surface area contributed by atoms with Gasteiger partial charge < -0.3 is 14.3 Å². The van der Waals surface area contributed by atoms with E-state index in [1.807, 2.05) is 80.6 Å². The van der Waals surface area contributed by atoms with E-state index < -0.39 is 28.4 Å². The Hall–Kier alpha value is -3.68. The first-order valence-electron chi connectivity index (χ1n) is 15.9. The standard InChI is InChI=1S/C38H44FO6PSi/c1-28-23-29(2)35(36(24-28)43-26-30-18-20-31(39)21-19-30)17-12-22-44-46(42)27-32(25-37(40)41)45-47(38(3,4)5,33-13-8-6-9-14-33)34-15-10-7-11-16-34/h6-11,13-16,18-21,23-24,32H,12,17,22,25-27H2,1-5H3/p+1/t32-/m0/s1. The Labute approximate surface area is 279 Å². The molecule has 0 aliphatic heterocycles. The van der Waals surface area contributed by atoms with Crippen LogP contribution in [0.3, 0.4) is 0 Å². The van der Waals surface area contributed by atoms with Crippen LogP contribution in [0.1, 0.15) is 55.9 Å². The minimum absolute atomic E-state index is 0.0261. The lowest BCUT2D eigenvalue weighted by Crippen LogP contribution is -2.68. The Balaban J connectivity index is 1.45. The highest BCUT2D eigenvalue weighted by Gasteiger charge is 2.52. The van der Waals surface area contributed by atoms with Gasteiger partial charge in [-0.1, -0.05) is 99.6 Å². The second kappa shape index (κ2) is 16.4. The van der Waals surface area contributed by atoms with E-state index in [4.69, 9.17) is 13.7 Å². The molecule has 0 saturated heterocycles. The summed E-state index contributed by atoms with van der Waals surface area (Å²) in [7, 11) is -5.26. The van der Waals surface area contributed by atoms with Gasteiger partial charge in [0.2, 0.25) is 6.16 Å². The van der Waals surface area contributed by atoms with E-state index in [0.717, 1.165) is 38.4 Å². The number of carboxylic acids is 1. The minimum atomic E-state index is -3.06. The third kappa shape index (κ3) is 9.68. The molecule has 2 atom stereocenters. The first-order chi connectivity index (χ1) is 22.4. The molecular formula is C38H45FO6PSi+. The van der Waals surface area contributed by atoms with Crippen LogP contribution in [0.25, 0.3) is 0 Å². The molecule has 1 N–H and O–H groups in total. The van der Waals surface area contributed by atoms with E-state index in [1.54, 1.807) is 12.1 Å². The van der Waals surface area contributed by atoms with Crippen molar-refractivity contribution in [1.82, 2.24) is 0 Å². The lowest BCUT2D eigenvalue weighted by Gasteiger charge is -2.44. The molecule has 0 radical (unpaired) electrons. The molecular weight excluding hydrogens is 630 g/mol. The number of aryl methyl sites for hydroxylation is 2. The highest BCUT2D eigenvalue weighted by Crippen LogP contribution is 2.39. The van der Waals surface area contributed by atoms with Crippen LogP contribution in [0.2, 0.25) is 5.04 Å². The number of ether oxygens (including phenoxy) is 1. The van der Waals surface area contributed by atoms with Crippen LogP contribution in [-0.2, 0) is 31.3 Å². The fourth-order valence-corrected chi connectivity index (χ4v) is 11.9. The number of aliphatic carboxylic acids is 1. The maximum absolute atomic E-state index is 13.3. The quantitative estimate of drug-likeness (QED) is 0.0734. The number of benzene rings is 4. The van der Waals surface area contributed by atoms with E-state index in [2.05, 4.69) is 26.8 Å². The molecule has 0 aromatic heterocycles. The molecule has 0 heterocycles. The van der Waals surface area contributed by atoms with Crippen LogP contribution in [0.15, 0.2) is 97.1 Å². The molecule has 47 heavy (non-hydrogen) atoms. The van der Waals surface area contributed by atoms with Crippen molar-refractivity contribution in [3.8, 4) is 5.75 Å². The predicted molar refractivity (Wildman–Crippen MR) is 188 cm³/mol. The van der Waals surface area contributed by atoms with Gasteiger partial charge in [-0.15, -0.1) is 4.52 Å². The fraction of sp³-hybridized carbons (Fsp3) is 0.342. The summed E-state index contributed by atoms with van der Waals surface area (Å²) < 4.78 is 45.6. The molecule has 6 nitrogen and oxygen atoms in total. The second-order valence-corrected chi connectivity index (χ2v) is 18.5. The van der Waals surface area contributed by atoms with E-state index in [-0.39, 0.29) is 30.0 Å². The summed E-state index contributed by atoms with van der Waals surface area (Å²) in [6.07, 6.45) is 0.115. The molecule has 248 valence electrons. The maximum Gasteiger partial charge on any atom is 0.510 e. The largest absolute Gasteiger partial charge is 0.510 e. The maximum atomic E-state index is 13.3. The van der Waals surface area contributed by atoms with Crippen molar-refractivity contribution in [3.63, 3.8) is 0 Å². The topological polar surface area (TPSA) is 82.1 Å². The summed E-state index contributed by atoms with van der Waals surface area (Å²) in [6.45, 7) is 11.0. The van der Waals surface area contributed by atoms with E-state index in [1.165, 1.54) is 12.1 Å². The van der Waals surface area contributed by atoms with Crippen molar-refractivity contribution in [3.05, 3.63) is 125 Å². The zero-order chi connectivity index (χ0) is 34.0. The van der Waals surface area contributed by atoms with Crippen LogP contribution in [0.5, 0.6) is 5.75 Å². The molecule has 0 amide bonds. The second-order valence-electron chi connectivity index (χ2n) is 12.9. The van der Waals surface area contributed by atoms with Gasteiger partial charge in [0, 0.05) is 0 Å². The molecule has 4 aromatic carbocycles. The third-order valence-electron chi connectivity index (χ3n) is 8.21. The number of carbonyl (C=O) groups is 1. The monoisotopic (exact) mass is 675 g/mol. The summed E-state index contributed by atoms with van der Waals surface area (Å²) in [5, 5.41) is 11.5. The van der Waals surface area contributed by atoms with Crippen molar-refractivity contribution in [2.24, 2.45) is 0 Å². The molecule has 4 aromatic rings. The van der Waals surface area contributed by atoms with Crippen LogP contribution in [0.4, 0.5) is 4.39 Å². The SMILES string of the molecule is Cc1cc(C)c(CCCO[P+](=O)C[C@H](CC(=O)O)O[Si](c2ccccc2)(c2ccccc2)C(C)(C)C)c(OCc2ccc(F)cc2)c1. The summed E-state index contributed by atoms with van der Waals surface area (Å²) in [5.74, 6) is -0.543. The minimum Gasteiger partial charge on any atom is -0.489 e. The van der Waals surface area contributed by atoms with Gasteiger partial charge in [-0.05, 0) is 87.1 Å². The van der Waals surface area contributed by atoms with Gasteiger partial charge in [0.1, 0.15) is 30.9 Å². The Morgan fingerprint density at radius 3 is 2.06 bits per heavy atom. The molecule has 0 bridgehead atoms. The van der Waals surface area contributed by atoms with Crippen LogP contribution < -0.4 is 15.1 Å². The van der Waals surface area contributed by atoms with E-state index in [9.17, 15) is 18.9 Å². The first kappa shape index (κ1) is 36.2. The number of halogens is 1. The summed E-state index contributed by atoms with van der Waals surface area (Å²) in [4.78, 5) is 12.0. The van der Waals surface area contributed by atoms with Gasteiger partial charge in [-0.3, -0.25) is 4.79 Å². The highest BCUT2D eigenvalue weighted by molar-refractivity contribution is 7.39. The summed E-state index contributed by atoms with van der Waals surface area (Å²) in [5.41, 5.74) is 4.07. The van der Waals surface area contributed by atoms with Crippen molar-refractivity contribution < 1.29 is 32.5 Å². The highest BCUT2D eigenvalue weighted by atomic mass is 31.1. The lowest BCUT2D eigenvalue weighted by atomic mass is 10.0.